The highest BCUT2D eigenvalue weighted by Gasteiger charge is 2.31. The van der Waals surface area contributed by atoms with Crippen LogP contribution in [0.4, 0.5) is 11.4 Å². The van der Waals surface area contributed by atoms with E-state index in [0.29, 0.717) is 30.8 Å². The molecule has 0 aliphatic carbocycles. The lowest BCUT2D eigenvalue weighted by Crippen LogP contribution is -2.44. The molecule has 1 aliphatic heterocycles. The number of rotatable bonds is 6. The van der Waals surface area contributed by atoms with Gasteiger partial charge in [0.1, 0.15) is 5.75 Å². The summed E-state index contributed by atoms with van der Waals surface area (Å²) in [6, 6.07) is 13.7. The van der Waals surface area contributed by atoms with E-state index in [9.17, 15) is 9.59 Å². The van der Waals surface area contributed by atoms with E-state index in [4.69, 9.17) is 4.74 Å². The number of hydrogen-bond acceptors (Lipinski definition) is 3. The first-order chi connectivity index (χ1) is 13.0. The molecule has 0 bridgehead atoms. The SMILES string of the molecule is CCCN1C(=O)C(C)Oc2ccc(NC(=O)CCc3ccc(C)cc3)cc21. The Morgan fingerprint density at radius 2 is 1.93 bits per heavy atom. The van der Waals surface area contributed by atoms with Gasteiger partial charge in [-0.2, -0.15) is 0 Å². The highest BCUT2D eigenvalue weighted by atomic mass is 16.5. The number of carbonyl (C=O) groups excluding carboxylic acids is 2. The molecule has 2 amide bonds. The molecule has 5 heteroatoms. The zero-order chi connectivity index (χ0) is 19.4. The van der Waals surface area contributed by atoms with Crippen molar-refractivity contribution >= 4 is 23.2 Å². The van der Waals surface area contributed by atoms with Gasteiger partial charge >= 0.3 is 0 Å². The van der Waals surface area contributed by atoms with E-state index >= 15 is 0 Å². The van der Waals surface area contributed by atoms with Crippen LogP contribution in [0.3, 0.4) is 0 Å². The van der Waals surface area contributed by atoms with E-state index in [0.717, 1.165) is 17.7 Å². The van der Waals surface area contributed by atoms with Crippen LogP contribution in [0.15, 0.2) is 42.5 Å². The number of hydrogen-bond donors (Lipinski definition) is 1. The number of anilines is 2. The number of carbonyl (C=O) groups is 2. The molecule has 0 fully saturated rings. The lowest BCUT2D eigenvalue weighted by Gasteiger charge is -2.33. The van der Waals surface area contributed by atoms with Crippen LogP contribution in [0.5, 0.6) is 5.75 Å². The Labute approximate surface area is 160 Å². The summed E-state index contributed by atoms with van der Waals surface area (Å²) in [5.74, 6) is 0.578. The van der Waals surface area contributed by atoms with Gasteiger partial charge in [-0.25, -0.2) is 0 Å². The van der Waals surface area contributed by atoms with Gasteiger partial charge in [-0.05, 0) is 50.5 Å². The van der Waals surface area contributed by atoms with Crippen LogP contribution in [-0.2, 0) is 16.0 Å². The van der Waals surface area contributed by atoms with Crippen LogP contribution < -0.4 is 15.0 Å². The first-order valence-corrected chi connectivity index (χ1v) is 9.45. The summed E-state index contributed by atoms with van der Waals surface area (Å²) in [7, 11) is 0. The lowest BCUT2D eigenvalue weighted by atomic mass is 10.1. The van der Waals surface area contributed by atoms with E-state index < -0.39 is 6.10 Å². The van der Waals surface area contributed by atoms with E-state index in [2.05, 4.69) is 17.4 Å². The van der Waals surface area contributed by atoms with Gasteiger partial charge in [-0.15, -0.1) is 0 Å². The minimum absolute atomic E-state index is 0.0472. The molecule has 2 aromatic rings. The number of nitrogens with zero attached hydrogens (tertiary/aromatic N) is 1. The van der Waals surface area contributed by atoms with Gasteiger partial charge in [0.2, 0.25) is 5.91 Å². The average molecular weight is 366 g/mol. The first-order valence-electron chi connectivity index (χ1n) is 9.45. The molecule has 142 valence electrons. The Bertz CT molecular complexity index is 830. The van der Waals surface area contributed by atoms with Gasteiger partial charge < -0.3 is 15.0 Å². The fourth-order valence-corrected chi connectivity index (χ4v) is 3.18. The predicted molar refractivity (Wildman–Crippen MR) is 107 cm³/mol. The molecule has 27 heavy (non-hydrogen) atoms. The number of benzene rings is 2. The maximum absolute atomic E-state index is 12.4. The third-order valence-corrected chi connectivity index (χ3v) is 4.66. The molecule has 0 saturated carbocycles. The van der Waals surface area contributed by atoms with Crippen LogP contribution in [-0.4, -0.2) is 24.5 Å². The Kier molecular flexibility index (Phi) is 5.79. The van der Waals surface area contributed by atoms with Crippen molar-refractivity contribution in [1.29, 1.82) is 0 Å². The minimum atomic E-state index is -0.487. The zero-order valence-corrected chi connectivity index (χ0v) is 16.1. The Morgan fingerprint density at radius 1 is 1.19 bits per heavy atom. The largest absolute Gasteiger partial charge is 0.479 e. The molecule has 1 aliphatic rings. The summed E-state index contributed by atoms with van der Waals surface area (Å²) < 4.78 is 5.69. The molecular weight excluding hydrogens is 340 g/mol. The number of ether oxygens (including phenoxy) is 1. The second-order valence-corrected chi connectivity index (χ2v) is 6.97. The Hall–Kier alpha value is -2.82. The van der Waals surface area contributed by atoms with E-state index in [1.807, 2.05) is 44.2 Å². The summed E-state index contributed by atoms with van der Waals surface area (Å²) in [4.78, 5) is 26.5. The van der Waals surface area contributed by atoms with Crippen molar-refractivity contribution < 1.29 is 14.3 Å². The van der Waals surface area contributed by atoms with Gasteiger partial charge in [0, 0.05) is 18.7 Å². The second-order valence-electron chi connectivity index (χ2n) is 6.97. The lowest BCUT2D eigenvalue weighted by molar-refractivity contribution is -0.125. The molecule has 1 atom stereocenters. The molecule has 0 spiro atoms. The predicted octanol–water partition coefficient (Wildman–Crippen LogP) is 4.09. The van der Waals surface area contributed by atoms with Crippen molar-refractivity contribution in [2.75, 3.05) is 16.8 Å². The Morgan fingerprint density at radius 3 is 2.63 bits per heavy atom. The number of amides is 2. The molecule has 1 unspecified atom stereocenters. The average Bonchev–Trinajstić information content (AvgIpc) is 2.65. The molecular formula is C22H26N2O3. The van der Waals surface area contributed by atoms with Crippen molar-refractivity contribution in [2.45, 2.75) is 46.1 Å². The van der Waals surface area contributed by atoms with Gasteiger partial charge in [0.25, 0.3) is 5.91 Å². The van der Waals surface area contributed by atoms with Gasteiger partial charge in [-0.1, -0.05) is 36.8 Å². The third-order valence-electron chi connectivity index (χ3n) is 4.66. The summed E-state index contributed by atoms with van der Waals surface area (Å²) >= 11 is 0. The highest BCUT2D eigenvalue weighted by Crippen LogP contribution is 2.36. The summed E-state index contributed by atoms with van der Waals surface area (Å²) in [6.07, 6.45) is 1.47. The molecule has 0 aromatic heterocycles. The molecule has 1 heterocycles. The van der Waals surface area contributed by atoms with Crippen molar-refractivity contribution in [3.05, 3.63) is 53.6 Å². The van der Waals surface area contributed by atoms with Crippen LogP contribution >= 0.6 is 0 Å². The fourth-order valence-electron chi connectivity index (χ4n) is 3.18. The molecule has 0 radical (unpaired) electrons. The van der Waals surface area contributed by atoms with Gasteiger partial charge in [-0.3, -0.25) is 9.59 Å². The topological polar surface area (TPSA) is 58.6 Å². The van der Waals surface area contributed by atoms with Crippen molar-refractivity contribution in [1.82, 2.24) is 0 Å². The third kappa shape index (κ3) is 4.48. The monoisotopic (exact) mass is 366 g/mol. The maximum Gasteiger partial charge on any atom is 0.267 e. The van der Waals surface area contributed by atoms with E-state index in [1.165, 1.54) is 5.56 Å². The van der Waals surface area contributed by atoms with Crippen LogP contribution in [0.25, 0.3) is 0 Å². The van der Waals surface area contributed by atoms with Gasteiger partial charge in [0.05, 0.1) is 5.69 Å². The highest BCUT2D eigenvalue weighted by molar-refractivity contribution is 6.01. The quantitative estimate of drug-likeness (QED) is 0.838. The molecule has 5 nitrogen and oxygen atoms in total. The smallest absolute Gasteiger partial charge is 0.267 e. The number of aryl methyl sites for hydroxylation is 2. The molecule has 1 N–H and O–H groups in total. The standard InChI is InChI=1S/C22H26N2O3/c1-4-13-24-19-14-18(10-11-20(19)27-16(3)22(24)26)23-21(25)12-9-17-7-5-15(2)6-8-17/h5-8,10-11,14,16H,4,9,12-13H2,1-3H3,(H,23,25). The van der Waals surface area contributed by atoms with Crippen molar-refractivity contribution in [3.63, 3.8) is 0 Å². The second kappa shape index (κ2) is 8.25. The first kappa shape index (κ1) is 19.0. The maximum atomic E-state index is 12.4. The van der Waals surface area contributed by atoms with Crippen LogP contribution in [0, 0.1) is 6.92 Å². The fraction of sp³-hybridized carbons (Fsp3) is 0.364. The normalized spacial score (nSPS) is 15.9. The molecule has 2 aromatic carbocycles. The van der Waals surface area contributed by atoms with E-state index in [-0.39, 0.29) is 11.8 Å². The molecule has 0 saturated heterocycles. The van der Waals surface area contributed by atoms with Crippen molar-refractivity contribution in [3.8, 4) is 5.75 Å². The summed E-state index contributed by atoms with van der Waals surface area (Å²) in [6.45, 7) is 6.46. The minimum Gasteiger partial charge on any atom is -0.479 e. The summed E-state index contributed by atoms with van der Waals surface area (Å²) in [5, 5.41) is 2.93. The van der Waals surface area contributed by atoms with Crippen LogP contribution in [0.1, 0.15) is 37.8 Å². The Balaban J connectivity index is 1.68. The van der Waals surface area contributed by atoms with Crippen molar-refractivity contribution in [2.24, 2.45) is 0 Å². The van der Waals surface area contributed by atoms with Gasteiger partial charge in [0.15, 0.2) is 6.10 Å². The molecule has 3 rings (SSSR count). The number of fused-ring (bicyclic) bond motifs is 1. The number of nitrogens with one attached hydrogen (secondary N) is 1. The zero-order valence-electron chi connectivity index (χ0n) is 16.1. The van der Waals surface area contributed by atoms with E-state index in [1.54, 1.807) is 11.8 Å². The van der Waals surface area contributed by atoms with Crippen LogP contribution in [0.2, 0.25) is 0 Å². The summed E-state index contributed by atoms with van der Waals surface area (Å²) in [5.41, 5.74) is 3.74.